The molecule has 9 nitrogen and oxygen atoms in total. The summed E-state index contributed by atoms with van der Waals surface area (Å²) >= 11 is 0. The lowest BCUT2D eigenvalue weighted by Gasteiger charge is -2.14. The Labute approximate surface area is 138 Å². The van der Waals surface area contributed by atoms with Crippen molar-refractivity contribution in [3.63, 3.8) is 0 Å². The highest BCUT2D eigenvalue weighted by Gasteiger charge is 2.19. The number of fused-ring (bicyclic) bond motifs is 1. The number of nitrogens with two attached hydrogens (primary N) is 2. The van der Waals surface area contributed by atoms with Gasteiger partial charge in [0.05, 0.1) is 35.3 Å². The normalized spacial score (nSPS) is 13.2. The molecule has 1 atom stereocenters. The second kappa shape index (κ2) is 5.82. The van der Waals surface area contributed by atoms with E-state index in [1.165, 1.54) is 19.2 Å². The number of nitrogens with zero attached hydrogens (tertiary/aromatic N) is 4. The van der Waals surface area contributed by atoms with Gasteiger partial charge in [0, 0.05) is 7.05 Å². The van der Waals surface area contributed by atoms with Crippen molar-refractivity contribution in [2.24, 2.45) is 17.9 Å². The molecule has 4 N–H and O–H groups in total. The second-order valence-corrected chi connectivity index (χ2v) is 6.75. The topological polar surface area (TPSA) is 139 Å². The summed E-state index contributed by atoms with van der Waals surface area (Å²) < 4.78 is 29.4. The number of primary sulfonamides is 1. The van der Waals surface area contributed by atoms with E-state index >= 15 is 0 Å². The molecule has 1 aromatic carbocycles. The fraction of sp³-hybridized carbons (Fsp3) is 0.214. The van der Waals surface area contributed by atoms with Gasteiger partial charge in [0.2, 0.25) is 10.0 Å². The van der Waals surface area contributed by atoms with Crippen LogP contribution in [0.15, 0.2) is 35.4 Å². The third kappa shape index (κ3) is 2.82. The zero-order chi connectivity index (χ0) is 17.5. The third-order valence-electron chi connectivity index (χ3n) is 3.65. The van der Waals surface area contributed by atoms with Gasteiger partial charge in [0.1, 0.15) is 0 Å². The second-order valence-electron chi connectivity index (χ2n) is 5.19. The van der Waals surface area contributed by atoms with Gasteiger partial charge in [-0.25, -0.2) is 13.6 Å². The molecule has 3 aromatic rings. The minimum Gasteiger partial charge on any atom is -0.467 e. The summed E-state index contributed by atoms with van der Waals surface area (Å²) in [7, 11) is -0.531. The molecule has 1 unspecified atom stereocenters. The van der Waals surface area contributed by atoms with E-state index in [0.29, 0.717) is 22.3 Å². The van der Waals surface area contributed by atoms with E-state index in [1.54, 1.807) is 30.1 Å². The van der Waals surface area contributed by atoms with Crippen molar-refractivity contribution in [1.29, 1.82) is 0 Å². The Morgan fingerprint density at radius 1 is 1.21 bits per heavy atom. The average Bonchev–Trinajstić information content (AvgIpc) is 2.94. The van der Waals surface area contributed by atoms with Gasteiger partial charge in [-0.05, 0) is 17.7 Å². The summed E-state index contributed by atoms with van der Waals surface area (Å²) in [4.78, 5) is 8.60. The van der Waals surface area contributed by atoms with E-state index in [4.69, 9.17) is 15.6 Å². The van der Waals surface area contributed by atoms with Crippen LogP contribution in [0.4, 0.5) is 0 Å². The van der Waals surface area contributed by atoms with Crippen LogP contribution in [0.25, 0.3) is 11.0 Å². The van der Waals surface area contributed by atoms with Gasteiger partial charge in [-0.15, -0.1) is 0 Å². The monoisotopic (exact) mass is 348 g/mol. The molecule has 0 saturated carbocycles. The van der Waals surface area contributed by atoms with Crippen molar-refractivity contribution in [2.75, 3.05) is 7.11 Å². The molecule has 2 heterocycles. The van der Waals surface area contributed by atoms with Crippen LogP contribution >= 0.6 is 0 Å². The van der Waals surface area contributed by atoms with Crippen LogP contribution < -0.4 is 15.6 Å². The molecular formula is C14H16N6O3S. The zero-order valence-electron chi connectivity index (χ0n) is 13.0. The maximum Gasteiger partial charge on any atom is 0.318 e. The van der Waals surface area contributed by atoms with Crippen LogP contribution in [-0.2, 0) is 17.1 Å². The molecule has 2 aromatic heterocycles. The van der Waals surface area contributed by atoms with Gasteiger partial charge < -0.3 is 10.5 Å². The van der Waals surface area contributed by atoms with Gasteiger partial charge in [-0.3, -0.25) is 4.68 Å². The molecule has 0 fully saturated rings. The average molecular weight is 348 g/mol. The standard InChI is InChI=1S/C14H16N6O3S/c1-20-13-10(7-17-20)12(18-14(19-13)23-2)11(15)8-3-5-9(6-4-8)24(16,21)22/h3-7,11H,15H2,1-2H3,(H2,16,21,22). The van der Waals surface area contributed by atoms with Crippen molar-refractivity contribution >= 4 is 21.1 Å². The zero-order valence-corrected chi connectivity index (χ0v) is 13.9. The van der Waals surface area contributed by atoms with Crippen LogP contribution in [0.5, 0.6) is 6.01 Å². The van der Waals surface area contributed by atoms with Gasteiger partial charge in [0.15, 0.2) is 5.65 Å². The van der Waals surface area contributed by atoms with Crippen LogP contribution in [-0.4, -0.2) is 35.3 Å². The number of hydrogen-bond acceptors (Lipinski definition) is 7. The van der Waals surface area contributed by atoms with Crippen LogP contribution in [0.1, 0.15) is 17.3 Å². The fourth-order valence-corrected chi connectivity index (χ4v) is 2.89. The van der Waals surface area contributed by atoms with Crippen molar-refractivity contribution in [2.45, 2.75) is 10.9 Å². The van der Waals surface area contributed by atoms with E-state index in [0.717, 1.165) is 0 Å². The molecule has 0 aliphatic rings. The van der Waals surface area contributed by atoms with Crippen LogP contribution in [0.3, 0.4) is 0 Å². The Hall–Kier alpha value is -2.56. The quantitative estimate of drug-likeness (QED) is 0.680. The number of ether oxygens (including phenoxy) is 1. The lowest BCUT2D eigenvalue weighted by Crippen LogP contribution is -2.16. The maximum absolute atomic E-state index is 11.3. The first kappa shape index (κ1) is 16.3. The van der Waals surface area contributed by atoms with Gasteiger partial charge >= 0.3 is 6.01 Å². The highest BCUT2D eigenvalue weighted by atomic mass is 32.2. The Balaban J connectivity index is 2.09. The van der Waals surface area contributed by atoms with Gasteiger partial charge in [-0.1, -0.05) is 12.1 Å². The van der Waals surface area contributed by atoms with Crippen molar-refractivity contribution in [1.82, 2.24) is 19.7 Å². The molecule has 24 heavy (non-hydrogen) atoms. The van der Waals surface area contributed by atoms with E-state index in [1.807, 2.05) is 0 Å². The summed E-state index contributed by atoms with van der Waals surface area (Å²) in [6, 6.07) is 5.58. The first-order valence-corrected chi connectivity index (χ1v) is 8.48. The number of rotatable bonds is 4. The van der Waals surface area contributed by atoms with E-state index in [2.05, 4.69) is 15.1 Å². The number of sulfonamides is 1. The first-order chi connectivity index (χ1) is 11.3. The fourth-order valence-electron chi connectivity index (χ4n) is 2.37. The number of hydrogen-bond donors (Lipinski definition) is 2. The highest BCUT2D eigenvalue weighted by Crippen LogP contribution is 2.27. The maximum atomic E-state index is 11.3. The molecule has 0 bridgehead atoms. The van der Waals surface area contributed by atoms with Crippen LogP contribution in [0, 0.1) is 0 Å². The highest BCUT2D eigenvalue weighted by molar-refractivity contribution is 7.89. The predicted molar refractivity (Wildman–Crippen MR) is 86.7 cm³/mol. The smallest absolute Gasteiger partial charge is 0.318 e. The molecular weight excluding hydrogens is 332 g/mol. The Morgan fingerprint density at radius 3 is 2.46 bits per heavy atom. The van der Waals surface area contributed by atoms with Gasteiger partial charge in [0.25, 0.3) is 0 Å². The van der Waals surface area contributed by atoms with Crippen molar-refractivity contribution in [3.8, 4) is 6.01 Å². The first-order valence-electron chi connectivity index (χ1n) is 6.93. The third-order valence-corrected chi connectivity index (χ3v) is 4.58. The molecule has 3 rings (SSSR count). The van der Waals surface area contributed by atoms with Gasteiger partial charge in [-0.2, -0.15) is 15.1 Å². The number of methoxy groups -OCH3 is 1. The Morgan fingerprint density at radius 2 is 1.88 bits per heavy atom. The molecule has 126 valence electrons. The summed E-state index contributed by atoms with van der Waals surface area (Å²) in [5.74, 6) is 0. The number of aromatic nitrogens is 4. The molecule has 0 saturated heterocycles. The summed E-state index contributed by atoms with van der Waals surface area (Å²) in [5, 5.41) is 9.96. The number of benzene rings is 1. The van der Waals surface area contributed by atoms with Crippen molar-refractivity contribution < 1.29 is 13.2 Å². The molecule has 0 aliphatic carbocycles. The molecule has 0 radical (unpaired) electrons. The number of aryl methyl sites for hydroxylation is 1. The lowest BCUT2D eigenvalue weighted by molar-refractivity contribution is 0.379. The molecule has 10 heteroatoms. The largest absolute Gasteiger partial charge is 0.467 e. The van der Waals surface area contributed by atoms with E-state index < -0.39 is 16.1 Å². The summed E-state index contributed by atoms with van der Waals surface area (Å²) in [6.45, 7) is 0. The molecule has 0 spiro atoms. The lowest BCUT2D eigenvalue weighted by atomic mass is 10.0. The molecule has 0 amide bonds. The summed E-state index contributed by atoms with van der Waals surface area (Å²) in [6.07, 6.45) is 1.63. The SMILES string of the molecule is COc1nc(C(N)c2ccc(S(N)(=O)=O)cc2)c2cnn(C)c2n1. The van der Waals surface area contributed by atoms with Crippen molar-refractivity contribution in [3.05, 3.63) is 41.7 Å². The van der Waals surface area contributed by atoms with E-state index in [-0.39, 0.29) is 10.9 Å². The Bertz CT molecular complexity index is 997. The summed E-state index contributed by atoms with van der Waals surface area (Å²) in [5.41, 5.74) is 8.11. The molecule has 0 aliphatic heterocycles. The minimum absolute atomic E-state index is 0.0187. The minimum atomic E-state index is -3.75. The Kier molecular flexibility index (Phi) is 3.95. The predicted octanol–water partition coefficient (Wildman–Crippen LogP) is 0.0674. The van der Waals surface area contributed by atoms with Crippen LogP contribution in [0.2, 0.25) is 0 Å². The van der Waals surface area contributed by atoms with E-state index in [9.17, 15) is 8.42 Å².